The van der Waals surface area contributed by atoms with E-state index in [4.69, 9.17) is 4.42 Å². The first kappa shape index (κ1) is 12.7. The van der Waals surface area contributed by atoms with Crippen LogP contribution in [-0.2, 0) is 6.42 Å². The maximum absolute atomic E-state index is 5.40. The van der Waals surface area contributed by atoms with Gasteiger partial charge in [-0.3, -0.25) is 0 Å². The van der Waals surface area contributed by atoms with Gasteiger partial charge in [0, 0.05) is 18.5 Å². The second-order valence-corrected chi connectivity index (χ2v) is 5.85. The van der Waals surface area contributed by atoms with Crippen LogP contribution in [0, 0.1) is 11.8 Å². The molecule has 0 saturated heterocycles. The van der Waals surface area contributed by atoms with Gasteiger partial charge >= 0.3 is 0 Å². The van der Waals surface area contributed by atoms with Gasteiger partial charge in [0.25, 0.3) is 0 Å². The summed E-state index contributed by atoms with van der Waals surface area (Å²) in [5.74, 6) is 2.77. The van der Waals surface area contributed by atoms with E-state index in [1.165, 1.54) is 19.3 Å². The highest BCUT2D eigenvalue weighted by atomic mass is 16.3. The lowest BCUT2D eigenvalue weighted by atomic mass is 9.80. The normalized spacial score (nSPS) is 31.4. The summed E-state index contributed by atoms with van der Waals surface area (Å²) in [7, 11) is 0. The molecule has 2 heteroatoms. The third-order valence-electron chi connectivity index (χ3n) is 4.04. The minimum Gasteiger partial charge on any atom is -0.469 e. The quantitative estimate of drug-likeness (QED) is 0.862. The lowest BCUT2D eigenvalue weighted by Gasteiger charge is -2.35. The molecule has 2 rings (SSSR count). The molecule has 1 N–H and O–H groups in total. The molecule has 1 aliphatic carbocycles. The first-order valence-electron chi connectivity index (χ1n) is 6.93. The average Bonchev–Trinajstić information content (AvgIpc) is 2.76. The summed E-state index contributed by atoms with van der Waals surface area (Å²) in [5.41, 5.74) is 0. The summed E-state index contributed by atoms with van der Waals surface area (Å²) in [6.07, 6.45) is 6.83. The summed E-state index contributed by atoms with van der Waals surface area (Å²) < 4.78 is 5.40. The van der Waals surface area contributed by atoms with Crippen molar-refractivity contribution >= 4 is 0 Å². The largest absolute Gasteiger partial charge is 0.469 e. The Morgan fingerprint density at radius 3 is 2.94 bits per heavy atom. The topological polar surface area (TPSA) is 25.2 Å². The molecule has 0 aromatic carbocycles. The molecule has 1 saturated carbocycles. The van der Waals surface area contributed by atoms with E-state index in [-0.39, 0.29) is 0 Å². The van der Waals surface area contributed by atoms with Gasteiger partial charge in [-0.1, -0.05) is 20.3 Å². The molecule has 4 atom stereocenters. The van der Waals surface area contributed by atoms with Gasteiger partial charge < -0.3 is 9.73 Å². The van der Waals surface area contributed by atoms with Crippen LogP contribution in [0.5, 0.6) is 0 Å². The van der Waals surface area contributed by atoms with Crippen molar-refractivity contribution in [1.29, 1.82) is 0 Å². The van der Waals surface area contributed by atoms with Crippen LogP contribution >= 0.6 is 0 Å². The van der Waals surface area contributed by atoms with Crippen molar-refractivity contribution < 1.29 is 4.42 Å². The fourth-order valence-corrected chi connectivity index (χ4v) is 2.92. The smallest absolute Gasteiger partial charge is 0.105 e. The van der Waals surface area contributed by atoms with Crippen LogP contribution in [0.2, 0.25) is 0 Å². The Hall–Kier alpha value is -0.760. The summed E-state index contributed by atoms with van der Waals surface area (Å²) in [6.45, 7) is 7.01. The van der Waals surface area contributed by atoms with Crippen molar-refractivity contribution in [2.45, 2.75) is 58.5 Å². The minimum atomic E-state index is 0.499. The number of rotatable bonds is 4. The Kier molecular flexibility index (Phi) is 4.27. The zero-order valence-corrected chi connectivity index (χ0v) is 11.3. The van der Waals surface area contributed by atoms with Crippen LogP contribution in [0.4, 0.5) is 0 Å². The first-order chi connectivity index (χ1) is 8.15. The lowest BCUT2D eigenvalue weighted by Crippen LogP contribution is -2.44. The molecule has 0 spiro atoms. The van der Waals surface area contributed by atoms with Crippen LogP contribution in [0.25, 0.3) is 0 Å². The van der Waals surface area contributed by atoms with E-state index in [9.17, 15) is 0 Å². The molecule has 96 valence electrons. The highest BCUT2D eigenvalue weighted by Crippen LogP contribution is 2.28. The van der Waals surface area contributed by atoms with Crippen molar-refractivity contribution in [3.05, 3.63) is 24.2 Å². The molecule has 0 aliphatic heterocycles. The fourth-order valence-electron chi connectivity index (χ4n) is 2.92. The number of hydrogen-bond donors (Lipinski definition) is 1. The van der Waals surface area contributed by atoms with Gasteiger partial charge in [-0.2, -0.15) is 0 Å². The van der Waals surface area contributed by atoms with Gasteiger partial charge in [0.1, 0.15) is 5.76 Å². The van der Waals surface area contributed by atoms with Crippen LogP contribution < -0.4 is 5.32 Å². The van der Waals surface area contributed by atoms with Gasteiger partial charge in [0.05, 0.1) is 6.26 Å². The van der Waals surface area contributed by atoms with E-state index in [1.54, 1.807) is 6.26 Å². The molecule has 4 unspecified atom stereocenters. The molecule has 17 heavy (non-hydrogen) atoms. The standard InChI is InChI=1S/C15H25NO/c1-11-6-7-12(2)15(9-11)16-13(3)10-14-5-4-8-17-14/h4-5,8,11-13,15-16H,6-7,9-10H2,1-3H3. The molecule has 0 bridgehead atoms. The first-order valence-corrected chi connectivity index (χ1v) is 6.93. The third kappa shape index (κ3) is 3.60. The lowest BCUT2D eigenvalue weighted by molar-refractivity contribution is 0.214. The SMILES string of the molecule is CC1CCC(C)C(NC(C)Cc2ccco2)C1. The molecule has 1 fully saturated rings. The third-order valence-corrected chi connectivity index (χ3v) is 4.04. The molecule has 0 amide bonds. The van der Waals surface area contributed by atoms with E-state index < -0.39 is 0 Å². The molecule has 1 heterocycles. The van der Waals surface area contributed by atoms with E-state index in [0.717, 1.165) is 24.0 Å². The Balaban J connectivity index is 1.82. The maximum Gasteiger partial charge on any atom is 0.105 e. The molecular weight excluding hydrogens is 210 g/mol. The van der Waals surface area contributed by atoms with Crippen LogP contribution in [0.15, 0.2) is 22.8 Å². The molecule has 2 nitrogen and oxygen atoms in total. The van der Waals surface area contributed by atoms with Crippen molar-refractivity contribution in [2.24, 2.45) is 11.8 Å². The summed E-state index contributed by atoms with van der Waals surface area (Å²) in [6, 6.07) is 5.21. The predicted molar refractivity (Wildman–Crippen MR) is 71.0 cm³/mol. The van der Waals surface area contributed by atoms with Crippen molar-refractivity contribution in [3.8, 4) is 0 Å². The maximum atomic E-state index is 5.40. The average molecular weight is 235 g/mol. The Morgan fingerprint density at radius 1 is 1.41 bits per heavy atom. The highest BCUT2D eigenvalue weighted by Gasteiger charge is 2.26. The van der Waals surface area contributed by atoms with Gasteiger partial charge in [-0.25, -0.2) is 0 Å². The van der Waals surface area contributed by atoms with E-state index in [2.05, 4.69) is 32.2 Å². The Bertz CT molecular complexity index is 320. The summed E-state index contributed by atoms with van der Waals surface area (Å²) in [4.78, 5) is 0. The Labute approximate surface area is 105 Å². The van der Waals surface area contributed by atoms with Crippen molar-refractivity contribution in [3.63, 3.8) is 0 Å². The van der Waals surface area contributed by atoms with Gasteiger partial charge in [0.15, 0.2) is 0 Å². The van der Waals surface area contributed by atoms with Crippen LogP contribution in [0.3, 0.4) is 0 Å². The fraction of sp³-hybridized carbons (Fsp3) is 0.733. The monoisotopic (exact) mass is 235 g/mol. The molecule has 1 aromatic rings. The van der Waals surface area contributed by atoms with Crippen molar-refractivity contribution in [1.82, 2.24) is 5.32 Å². The van der Waals surface area contributed by atoms with E-state index in [0.29, 0.717) is 12.1 Å². The second-order valence-electron chi connectivity index (χ2n) is 5.85. The Morgan fingerprint density at radius 2 is 2.24 bits per heavy atom. The number of furan rings is 1. The minimum absolute atomic E-state index is 0.499. The van der Waals surface area contributed by atoms with Crippen molar-refractivity contribution in [2.75, 3.05) is 0 Å². The van der Waals surface area contributed by atoms with Gasteiger partial charge in [-0.05, 0) is 43.7 Å². The highest BCUT2D eigenvalue weighted by molar-refractivity contribution is 5.00. The van der Waals surface area contributed by atoms with E-state index >= 15 is 0 Å². The zero-order chi connectivity index (χ0) is 12.3. The molecule has 1 aromatic heterocycles. The van der Waals surface area contributed by atoms with Crippen LogP contribution in [-0.4, -0.2) is 12.1 Å². The molecular formula is C15H25NO. The zero-order valence-electron chi connectivity index (χ0n) is 11.3. The predicted octanol–water partition coefficient (Wildman–Crippen LogP) is 3.62. The van der Waals surface area contributed by atoms with E-state index in [1.807, 2.05) is 6.07 Å². The summed E-state index contributed by atoms with van der Waals surface area (Å²) >= 11 is 0. The molecule has 1 aliphatic rings. The van der Waals surface area contributed by atoms with Gasteiger partial charge in [0.2, 0.25) is 0 Å². The van der Waals surface area contributed by atoms with Crippen LogP contribution in [0.1, 0.15) is 45.8 Å². The molecule has 0 radical (unpaired) electrons. The summed E-state index contributed by atoms with van der Waals surface area (Å²) in [5, 5.41) is 3.78. The van der Waals surface area contributed by atoms with Gasteiger partial charge in [-0.15, -0.1) is 0 Å². The number of hydrogen-bond acceptors (Lipinski definition) is 2. The number of nitrogens with one attached hydrogen (secondary N) is 1. The second kappa shape index (κ2) is 5.72.